The first kappa shape index (κ1) is 39.5. The summed E-state index contributed by atoms with van der Waals surface area (Å²) in [6.45, 7) is 5.00. The topological polar surface area (TPSA) is 107 Å². The third kappa shape index (κ3) is 9.54. The average Bonchev–Trinajstić information content (AvgIpc) is 3.73. The third-order valence-corrected chi connectivity index (χ3v) is 10.4. The van der Waals surface area contributed by atoms with E-state index in [9.17, 15) is 31.5 Å². The summed E-state index contributed by atoms with van der Waals surface area (Å²) in [5, 5.41) is 13.7. The molecular formula is C41H43F5N6O3. The summed E-state index contributed by atoms with van der Waals surface area (Å²) in [6, 6.07) is 16.2. The molecule has 14 heteroatoms. The van der Waals surface area contributed by atoms with Crippen LogP contribution in [0.4, 0.5) is 22.0 Å². The van der Waals surface area contributed by atoms with Crippen LogP contribution in [0.5, 0.6) is 0 Å². The third-order valence-electron chi connectivity index (χ3n) is 10.4. The summed E-state index contributed by atoms with van der Waals surface area (Å²) < 4.78 is 73.6. The predicted octanol–water partition coefficient (Wildman–Crippen LogP) is 7.08. The Morgan fingerprint density at radius 1 is 1.00 bits per heavy atom. The number of alkyl halides is 3. The molecule has 0 radical (unpaired) electrons. The molecule has 1 atom stereocenters. The molecule has 2 aromatic heterocycles. The molecule has 1 aliphatic heterocycles. The van der Waals surface area contributed by atoms with Crippen LogP contribution in [0, 0.1) is 11.6 Å². The van der Waals surface area contributed by atoms with Gasteiger partial charge >= 0.3 is 6.18 Å². The Labute approximate surface area is 315 Å². The highest BCUT2D eigenvalue weighted by atomic mass is 19.4. The lowest BCUT2D eigenvalue weighted by Crippen LogP contribution is -2.48. The number of amides is 1. The number of likely N-dealkylation sites (tertiary alicyclic amines) is 1. The minimum atomic E-state index is -4.43. The van der Waals surface area contributed by atoms with Gasteiger partial charge in [0.15, 0.2) is 11.6 Å². The van der Waals surface area contributed by atoms with Gasteiger partial charge in [0.1, 0.15) is 0 Å². The summed E-state index contributed by atoms with van der Waals surface area (Å²) in [6.07, 6.45) is 0.318. The fraction of sp³-hybridized carbons (Fsp3) is 0.366. The van der Waals surface area contributed by atoms with Crippen LogP contribution in [-0.4, -0.2) is 75.5 Å². The van der Waals surface area contributed by atoms with E-state index in [4.69, 9.17) is 4.74 Å². The van der Waals surface area contributed by atoms with Crippen LogP contribution >= 0.6 is 0 Å². The van der Waals surface area contributed by atoms with Crippen molar-refractivity contribution < 1.29 is 31.5 Å². The van der Waals surface area contributed by atoms with Crippen LogP contribution in [0.15, 0.2) is 83.9 Å². The molecule has 0 bridgehead atoms. The van der Waals surface area contributed by atoms with Gasteiger partial charge in [-0.1, -0.05) is 55.5 Å². The normalized spacial score (nSPS) is 14.6. The summed E-state index contributed by atoms with van der Waals surface area (Å²) in [5.74, 6) is -2.61. The molecule has 1 unspecified atom stereocenters. The number of carbonyl (C=O) groups is 1. The highest BCUT2D eigenvalue weighted by Crippen LogP contribution is 2.32. The Bertz CT molecular complexity index is 2100. The van der Waals surface area contributed by atoms with Crippen molar-refractivity contribution in [1.29, 1.82) is 0 Å². The molecule has 0 aliphatic carbocycles. The number of hydrogen-bond donors (Lipinski definition) is 2. The number of nitrogens with zero attached hydrogens (tertiary/aromatic N) is 4. The average molecular weight is 763 g/mol. The van der Waals surface area contributed by atoms with Crippen LogP contribution in [0.3, 0.4) is 0 Å². The highest BCUT2D eigenvalue weighted by molar-refractivity contribution is 5.79. The molecule has 6 rings (SSSR count). The van der Waals surface area contributed by atoms with Crippen molar-refractivity contribution in [2.75, 3.05) is 33.4 Å². The van der Waals surface area contributed by atoms with Gasteiger partial charge in [-0.25, -0.2) is 13.9 Å². The molecule has 290 valence electrons. The van der Waals surface area contributed by atoms with E-state index in [1.54, 1.807) is 19.5 Å². The van der Waals surface area contributed by atoms with Gasteiger partial charge in [-0.05, 0) is 77.3 Å². The van der Waals surface area contributed by atoms with E-state index in [2.05, 4.69) is 25.3 Å². The first-order chi connectivity index (χ1) is 26.4. The molecular weight excluding hydrogens is 719 g/mol. The number of aromatic nitrogens is 4. The number of rotatable bonds is 14. The Kier molecular flexibility index (Phi) is 12.6. The highest BCUT2D eigenvalue weighted by Gasteiger charge is 2.31. The number of methoxy groups -OCH3 is 1. The molecule has 5 aromatic rings. The fourth-order valence-electron chi connectivity index (χ4n) is 7.28. The van der Waals surface area contributed by atoms with Crippen LogP contribution in [0.2, 0.25) is 0 Å². The SMILES string of the molecule is COCCN1CCC(N(Cc2ccc(-c3ccc(C(F)(F)F)cc3)cc2)C(=O)Cc2n[nH]c(=O)c(C(C)c3cn[nH]c3)c2CCc2cccc(F)c2F)CC1. The van der Waals surface area contributed by atoms with Crippen molar-refractivity contribution in [3.05, 3.63) is 140 Å². The number of halogens is 5. The number of hydrogen-bond acceptors (Lipinski definition) is 6. The van der Waals surface area contributed by atoms with Crippen molar-refractivity contribution in [3.63, 3.8) is 0 Å². The Hall–Kier alpha value is -5.21. The molecule has 0 spiro atoms. The largest absolute Gasteiger partial charge is 0.416 e. The van der Waals surface area contributed by atoms with Crippen LogP contribution < -0.4 is 5.56 Å². The van der Waals surface area contributed by atoms with Crippen LogP contribution in [-0.2, 0) is 41.5 Å². The second-order valence-electron chi connectivity index (χ2n) is 13.9. The predicted molar refractivity (Wildman–Crippen MR) is 197 cm³/mol. The van der Waals surface area contributed by atoms with Gasteiger partial charge < -0.3 is 14.5 Å². The van der Waals surface area contributed by atoms with Gasteiger partial charge in [-0.2, -0.15) is 23.4 Å². The number of nitrogens with one attached hydrogen (secondary N) is 2. The molecule has 55 heavy (non-hydrogen) atoms. The van der Waals surface area contributed by atoms with Crippen molar-refractivity contribution in [1.82, 2.24) is 30.2 Å². The zero-order valence-electron chi connectivity index (χ0n) is 30.6. The monoisotopic (exact) mass is 762 g/mol. The Morgan fingerprint density at radius 2 is 1.69 bits per heavy atom. The van der Waals surface area contributed by atoms with E-state index < -0.39 is 34.9 Å². The molecule has 0 saturated carbocycles. The van der Waals surface area contributed by atoms with E-state index in [0.29, 0.717) is 41.8 Å². The first-order valence-corrected chi connectivity index (χ1v) is 18.2. The Morgan fingerprint density at radius 3 is 2.33 bits per heavy atom. The molecule has 3 aromatic carbocycles. The van der Waals surface area contributed by atoms with Crippen molar-refractivity contribution in [3.8, 4) is 11.1 Å². The summed E-state index contributed by atoms with van der Waals surface area (Å²) in [4.78, 5) is 32.1. The number of ether oxygens (including phenoxy) is 1. The summed E-state index contributed by atoms with van der Waals surface area (Å²) in [7, 11) is 1.66. The van der Waals surface area contributed by atoms with Crippen molar-refractivity contribution >= 4 is 5.91 Å². The molecule has 3 heterocycles. The molecule has 2 N–H and O–H groups in total. The second-order valence-corrected chi connectivity index (χ2v) is 13.9. The quantitative estimate of drug-likeness (QED) is 0.117. The lowest BCUT2D eigenvalue weighted by Gasteiger charge is -2.39. The number of piperidine rings is 1. The van der Waals surface area contributed by atoms with E-state index in [1.165, 1.54) is 24.3 Å². The standard InChI is InChI=1S/C41H43F5N6O3/c1-26(31-23-47-48-24-31)38-34(15-12-30-4-3-5-35(42)39(30)43)36(49-50-40(38)54)22-37(53)52(33-16-18-51(19-17-33)20-21-55-2)25-27-6-8-28(9-7-27)29-10-13-32(14-11-29)41(44,45)46/h3-11,13-14,23-24,26,33H,12,15-22,25H2,1-2H3,(H,47,48)(H,50,54). The maximum Gasteiger partial charge on any atom is 0.416 e. The molecule has 1 aliphatic rings. The first-order valence-electron chi connectivity index (χ1n) is 18.2. The van der Waals surface area contributed by atoms with Crippen molar-refractivity contribution in [2.24, 2.45) is 0 Å². The second kappa shape index (κ2) is 17.5. The van der Waals surface area contributed by atoms with Crippen LogP contribution in [0.25, 0.3) is 11.1 Å². The van der Waals surface area contributed by atoms with Crippen molar-refractivity contribution in [2.45, 2.75) is 63.7 Å². The minimum absolute atomic E-state index is 0.0654. The lowest BCUT2D eigenvalue weighted by atomic mass is 9.88. The Balaban J connectivity index is 1.30. The number of aryl methyl sites for hydroxylation is 1. The smallest absolute Gasteiger partial charge is 0.383 e. The van der Waals surface area contributed by atoms with E-state index in [1.807, 2.05) is 36.1 Å². The van der Waals surface area contributed by atoms with Crippen LogP contribution in [0.1, 0.15) is 64.8 Å². The number of benzene rings is 3. The summed E-state index contributed by atoms with van der Waals surface area (Å²) >= 11 is 0. The van der Waals surface area contributed by atoms with E-state index >= 15 is 0 Å². The molecule has 1 amide bonds. The van der Waals surface area contributed by atoms with E-state index in [-0.39, 0.29) is 43.3 Å². The molecule has 1 saturated heterocycles. The van der Waals surface area contributed by atoms with Gasteiger partial charge in [-0.15, -0.1) is 0 Å². The maximum atomic E-state index is 14.8. The minimum Gasteiger partial charge on any atom is -0.383 e. The maximum absolute atomic E-state index is 14.8. The number of aromatic amines is 2. The number of H-pyrrole nitrogens is 2. The van der Waals surface area contributed by atoms with E-state index in [0.717, 1.165) is 54.5 Å². The lowest BCUT2D eigenvalue weighted by molar-refractivity contribution is -0.137. The molecule has 9 nitrogen and oxygen atoms in total. The zero-order valence-corrected chi connectivity index (χ0v) is 30.6. The molecule has 1 fully saturated rings. The summed E-state index contributed by atoms with van der Waals surface area (Å²) in [5.41, 5.74) is 3.09. The van der Waals surface area contributed by atoms with Gasteiger partial charge in [-0.3, -0.25) is 14.7 Å². The van der Waals surface area contributed by atoms with Gasteiger partial charge in [0.25, 0.3) is 5.56 Å². The van der Waals surface area contributed by atoms with Gasteiger partial charge in [0, 0.05) is 57.0 Å². The van der Waals surface area contributed by atoms with Gasteiger partial charge in [0.2, 0.25) is 5.91 Å². The van der Waals surface area contributed by atoms with Gasteiger partial charge in [0.05, 0.1) is 30.5 Å². The zero-order chi connectivity index (χ0) is 39.1. The number of carbonyl (C=O) groups excluding carboxylic acids is 1. The fourth-order valence-corrected chi connectivity index (χ4v) is 7.28.